The lowest BCUT2D eigenvalue weighted by Crippen LogP contribution is -2.44. The fourth-order valence-electron chi connectivity index (χ4n) is 3.02. The van der Waals surface area contributed by atoms with Crippen molar-refractivity contribution in [3.63, 3.8) is 0 Å². The molecule has 0 radical (unpaired) electrons. The highest BCUT2D eigenvalue weighted by atomic mass is 16.6. The molecular weight excluding hydrogens is 440 g/mol. The number of aliphatic hydroxyl groups excluding tert-OH is 1. The summed E-state index contributed by atoms with van der Waals surface area (Å²) in [6.07, 6.45) is -2.10. The Hall–Kier alpha value is -2.52. The monoisotopic (exact) mass is 478 g/mol. The molecule has 0 saturated carbocycles. The molecule has 1 rings (SSSR count). The summed E-state index contributed by atoms with van der Waals surface area (Å²) in [5.41, 5.74) is 2.44. The predicted molar refractivity (Wildman–Crippen MR) is 128 cm³/mol. The number of esters is 2. The minimum absolute atomic E-state index is 0.0974. The largest absolute Gasteiger partial charge is 0.469 e. The molecule has 0 aromatic heterocycles. The second-order valence-electron chi connectivity index (χ2n) is 8.33. The third kappa shape index (κ3) is 11.6. The highest BCUT2D eigenvalue weighted by molar-refractivity contribution is 5.80. The van der Waals surface area contributed by atoms with Gasteiger partial charge in [0.1, 0.15) is 18.8 Å². The van der Waals surface area contributed by atoms with E-state index in [0.717, 1.165) is 16.7 Å². The molecule has 1 aromatic rings. The lowest BCUT2D eigenvalue weighted by molar-refractivity contribution is -0.163. The van der Waals surface area contributed by atoms with Gasteiger partial charge in [-0.15, -0.1) is 0 Å². The van der Waals surface area contributed by atoms with Crippen molar-refractivity contribution in [2.45, 2.75) is 52.1 Å². The lowest BCUT2D eigenvalue weighted by atomic mass is 10.1. The molecule has 8 heteroatoms. The molecule has 0 heterocycles. The van der Waals surface area contributed by atoms with Crippen LogP contribution in [0.4, 0.5) is 0 Å². The molecule has 0 aliphatic rings. The lowest BCUT2D eigenvalue weighted by Gasteiger charge is -2.31. The van der Waals surface area contributed by atoms with Crippen LogP contribution in [0.5, 0.6) is 0 Å². The van der Waals surface area contributed by atoms with Crippen molar-refractivity contribution >= 4 is 11.9 Å². The molecule has 0 bridgehead atoms. The van der Waals surface area contributed by atoms with E-state index < -0.39 is 36.2 Å². The fourth-order valence-corrected chi connectivity index (χ4v) is 3.02. The highest BCUT2D eigenvalue weighted by Gasteiger charge is 2.31. The first-order valence-corrected chi connectivity index (χ1v) is 11.2. The summed E-state index contributed by atoms with van der Waals surface area (Å²) >= 11 is 0. The zero-order valence-corrected chi connectivity index (χ0v) is 20.7. The van der Waals surface area contributed by atoms with Crippen LogP contribution in [0.15, 0.2) is 54.6 Å². The van der Waals surface area contributed by atoms with Crippen molar-refractivity contribution in [2.75, 3.05) is 33.5 Å². The number of aliphatic hydroxyl groups is 1. The molecule has 34 heavy (non-hydrogen) atoms. The van der Waals surface area contributed by atoms with Gasteiger partial charge in [-0.2, -0.15) is 0 Å². The van der Waals surface area contributed by atoms with Gasteiger partial charge in [0, 0.05) is 0 Å². The Morgan fingerprint density at radius 3 is 2.18 bits per heavy atom. The number of carbonyl (C=O) groups excluding carboxylic acids is 2. The standard InChI is InChI=1S/C26H38O8/c1-18(2)14-32-23(13-27)25(34-15-19(3)4)20(5)31-17-22(26(29)30-6)12-24(28)33-16-21-10-8-7-9-11-21/h7-11,20,22-23,25,27H,1,3,12-17H2,2,4-6H3/t20-,22-,23-,25-/m0/s1. The summed E-state index contributed by atoms with van der Waals surface area (Å²) < 4.78 is 27.6. The molecule has 0 aliphatic carbocycles. The van der Waals surface area contributed by atoms with E-state index >= 15 is 0 Å². The highest BCUT2D eigenvalue weighted by Crippen LogP contribution is 2.17. The minimum Gasteiger partial charge on any atom is -0.469 e. The summed E-state index contributed by atoms with van der Waals surface area (Å²) in [6.45, 7) is 13.2. The van der Waals surface area contributed by atoms with Gasteiger partial charge >= 0.3 is 11.9 Å². The first kappa shape index (κ1) is 29.5. The van der Waals surface area contributed by atoms with Crippen molar-refractivity contribution in [2.24, 2.45) is 5.92 Å². The first-order valence-electron chi connectivity index (χ1n) is 11.2. The number of carbonyl (C=O) groups is 2. The van der Waals surface area contributed by atoms with Crippen molar-refractivity contribution in [1.82, 2.24) is 0 Å². The summed E-state index contributed by atoms with van der Waals surface area (Å²) in [4.78, 5) is 24.6. The Kier molecular flexibility index (Phi) is 14.0. The predicted octanol–water partition coefficient (Wildman–Crippen LogP) is 3.23. The molecule has 190 valence electrons. The second-order valence-corrected chi connectivity index (χ2v) is 8.33. The maximum Gasteiger partial charge on any atom is 0.311 e. The van der Waals surface area contributed by atoms with E-state index in [4.69, 9.17) is 23.7 Å². The van der Waals surface area contributed by atoms with Gasteiger partial charge in [-0.3, -0.25) is 9.59 Å². The second kappa shape index (κ2) is 16.2. The Balaban J connectivity index is 2.77. The molecule has 0 amide bonds. The Labute approximate surface area is 202 Å². The fraction of sp³-hybridized carbons (Fsp3) is 0.538. The SMILES string of the molecule is C=C(C)CO[C@@H]([C@H](C)OC[C@H](CC(=O)OCc1ccccc1)C(=O)OC)[C@H](CO)OCC(=C)C. The molecule has 1 aromatic carbocycles. The quantitative estimate of drug-likeness (QED) is 0.269. The number of benzene rings is 1. The van der Waals surface area contributed by atoms with Crippen LogP contribution < -0.4 is 0 Å². The summed E-state index contributed by atoms with van der Waals surface area (Å²) in [5, 5.41) is 9.85. The molecule has 0 fully saturated rings. The average molecular weight is 479 g/mol. The van der Waals surface area contributed by atoms with E-state index in [1.807, 2.05) is 44.2 Å². The van der Waals surface area contributed by atoms with Crippen LogP contribution in [0.3, 0.4) is 0 Å². The van der Waals surface area contributed by atoms with Gasteiger partial charge in [-0.1, -0.05) is 54.6 Å². The maximum absolute atomic E-state index is 12.3. The zero-order chi connectivity index (χ0) is 25.5. The number of ether oxygens (including phenoxy) is 5. The van der Waals surface area contributed by atoms with Gasteiger partial charge in [0.05, 0.1) is 52.0 Å². The Morgan fingerprint density at radius 2 is 1.62 bits per heavy atom. The van der Waals surface area contributed by atoms with Crippen molar-refractivity contribution < 1.29 is 38.4 Å². The molecular formula is C26H38O8. The number of rotatable bonds is 17. The first-order chi connectivity index (χ1) is 16.2. The van der Waals surface area contributed by atoms with E-state index in [1.54, 1.807) is 6.92 Å². The molecule has 4 atom stereocenters. The van der Waals surface area contributed by atoms with Crippen LogP contribution in [0.25, 0.3) is 0 Å². The van der Waals surface area contributed by atoms with Crippen molar-refractivity contribution in [3.8, 4) is 0 Å². The summed E-state index contributed by atoms with van der Waals surface area (Å²) in [7, 11) is 1.25. The van der Waals surface area contributed by atoms with Crippen LogP contribution in [0, 0.1) is 5.92 Å². The van der Waals surface area contributed by atoms with E-state index in [9.17, 15) is 14.7 Å². The van der Waals surface area contributed by atoms with Gasteiger partial charge < -0.3 is 28.8 Å². The molecule has 0 spiro atoms. The van der Waals surface area contributed by atoms with Crippen LogP contribution in [-0.4, -0.2) is 68.9 Å². The average Bonchev–Trinajstić information content (AvgIpc) is 2.82. The van der Waals surface area contributed by atoms with Crippen LogP contribution in [0.1, 0.15) is 32.8 Å². The van der Waals surface area contributed by atoms with Gasteiger partial charge in [-0.05, 0) is 26.3 Å². The number of methoxy groups -OCH3 is 1. The molecule has 1 N–H and O–H groups in total. The number of hydrogen-bond acceptors (Lipinski definition) is 8. The Bertz CT molecular complexity index is 776. The van der Waals surface area contributed by atoms with Gasteiger partial charge in [0.2, 0.25) is 0 Å². The Morgan fingerprint density at radius 1 is 1.00 bits per heavy atom. The van der Waals surface area contributed by atoms with Crippen LogP contribution in [0.2, 0.25) is 0 Å². The van der Waals surface area contributed by atoms with E-state index in [-0.39, 0.29) is 39.5 Å². The van der Waals surface area contributed by atoms with Crippen molar-refractivity contribution in [1.29, 1.82) is 0 Å². The van der Waals surface area contributed by atoms with E-state index in [2.05, 4.69) is 13.2 Å². The summed E-state index contributed by atoms with van der Waals surface area (Å²) in [6, 6.07) is 9.25. The number of hydrogen-bond donors (Lipinski definition) is 1. The molecule has 0 aliphatic heterocycles. The van der Waals surface area contributed by atoms with Gasteiger partial charge in [0.15, 0.2) is 0 Å². The molecule has 0 saturated heterocycles. The van der Waals surface area contributed by atoms with E-state index in [0.29, 0.717) is 0 Å². The summed E-state index contributed by atoms with van der Waals surface area (Å²) in [5.74, 6) is -1.98. The minimum atomic E-state index is -0.860. The van der Waals surface area contributed by atoms with Gasteiger partial charge in [0.25, 0.3) is 0 Å². The van der Waals surface area contributed by atoms with Crippen LogP contribution >= 0.6 is 0 Å². The topological polar surface area (TPSA) is 101 Å². The zero-order valence-electron chi connectivity index (χ0n) is 20.7. The van der Waals surface area contributed by atoms with Crippen LogP contribution in [-0.2, 0) is 39.9 Å². The molecule has 0 unspecified atom stereocenters. The van der Waals surface area contributed by atoms with Crippen molar-refractivity contribution in [3.05, 3.63) is 60.2 Å². The third-order valence-corrected chi connectivity index (χ3v) is 4.83. The third-order valence-electron chi connectivity index (χ3n) is 4.83. The van der Waals surface area contributed by atoms with Gasteiger partial charge in [-0.25, -0.2) is 0 Å². The van der Waals surface area contributed by atoms with E-state index in [1.165, 1.54) is 7.11 Å². The smallest absolute Gasteiger partial charge is 0.311 e. The maximum atomic E-state index is 12.3. The normalized spacial score (nSPS) is 14.5. The molecule has 8 nitrogen and oxygen atoms in total.